The lowest BCUT2D eigenvalue weighted by Crippen LogP contribution is -2.15. The van der Waals surface area contributed by atoms with E-state index in [2.05, 4.69) is 35.4 Å². The molecular weight excluding hydrogens is 370 g/mol. The van der Waals surface area contributed by atoms with Crippen LogP contribution >= 0.6 is 23.1 Å². The summed E-state index contributed by atoms with van der Waals surface area (Å²) >= 11 is 2.64. The van der Waals surface area contributed by atoms with Gasteiger partial charge in [0.15, 0.2) is 16.7 Å². The SMILES string of the molecule is CC(C)Cn1c(SCC(=O)Nc2sccc2C#N)nnc1-c1ccco1. The van der Waals surface area contributed by atoms with Gasteiger partial charge in [0.25, 0.3) is 0 Å². The van der Waals surface area contributed by atoms with Gasteiger partial charge in [-0.1, -0.05) is 25.6 Å². The second-order valence-electron chi connectivity index (χ2n) is 5.90. The number of aromatic nitrogens is 3. The van der Waals surface area contributed by atoms with Crippen LogP contribution in [0.1, 0.15) is 19.4 Å². The molecule has 0 spiro atoms. The average Bonchev–Trinajstić information content (AvgIpc) is 3.33. The lowest BCUT2D eigenvalue weighted by atomic mass is 10.2. The van der Waals surface area contributed by atoms with Crippen molar-refractivity contribution in [1.82, 2.24) is 14.8 Å². The maximum Gasteiger partial charge on any atom is 0.235 e. The first-order valence-electron chi connectivity index (χ1n) is 7.95. The number of thiophene rings is 1. The number of carbonyl (C=O) groups is 1. The summed E-state index contributed by atoms with van der Waals surface area (Å²) in [5.74, 6) is 1.67. The van der Waals surface area contributed by atoms with Crippen molar-refractivity contribution in [3.63, 3.8) is 0 Å². The van der Waals surface area contributed by atoms with Gasteiger partial charge in [-0.2, -0.15) is 5.26 Å². The molecule has 3 aromatic rings. The molecule has 9 heteroatoms. The van der Waals surface area contributed by atoms with Crippen LogP contribution in [-0.4, -0.2) is 26.4 Å². The number of amides is 1. The molecule has 0 aliphatic heterocycles. The van der Waals surface area contributed by atoms with Gasteiger partial charge in [-0.3, -0.25) is 9.36 Å². The Hall–Kier alpha value is -2.57. The van der Waals surface area contributed by atoms with Crippen LogP contribution < -0.4 is 5.32 Å². The van der Waals surface area contributed by atoms with Gasteiger partial charge in [-0.15, -0.1) is 21.5 Å². The maximum atomic E-state index is 12.2. The first kappa shape index (κ1) is 18.2. The Balaban J connectivity index is 1.71. The molecule has 0 saturated carbocycles. The number of furan rings is 1. The van der Waals surface area contributed by atoms with Crippen LogP contribution in [0.2, 0.25) is 0 Å². The number of rotatable bonds is 7. The van der Waals surface area contributed by atoms with E-state index in [-0.39, 0.29) is 11.7 Å². The fourth-order valence-electron chi connectivity index (χ4n) is 2.30. The summed E-state index contributed by atoms with van der Waals surface area (Å²) in [6.45, 7) is 4.93. The summed E-state index contributed by atoms with van der Waals surface area (Å²) in [6.07, 6.45) is 1.60. The Morgan fingerprint density at radius 1 is 1.46 bits per heavy atom. The van der Waals surface area contributed by atoms with Crippen molar-refractivity contribution in [2.45, 2.75) is 25.5 Å². The second-order valence-corrected chi connectivity index (χ2v) is 7.76. The molecule has 3 rings (SSSR count). The van der Waals surface area contributed by atoms with E-state index in [0.29, 0.717) is 33.2 Å². The molecule has 134 valence electrons. The van der Waals surface area contributed by atoms with Crippen molar-refractivity contribution in [3.05, 3.63) is 35.4 Å². The van der Waals surface area contributed by atoms with Crippen molar-refractivity contribution in [3.8, 4) is 17.7 Å². The van der Waals surface area contributed by atoms with Crippen molar-refractivity contribution in [1.29, 1.82) is 5.26 Å². The highest BCUT2D eigenvalue weighted by Gasteiger charge is 2.18. The molecule has 1 amide bonds. The number of nitrogens with one attached hydrogen (secondary N) is 1. The molecule has 3 aromatic heterocycles. The molecule has 0 aliphatic rings. The Morgan fingerprint density at radius 3 is 3.00 bits per heavy atom. The standard InChI is InChI=1S/C17H17N5O2S2/c1-11(2)9-22-15(13-4-3-6-24-13)20-21-17(22)26-10-14(23)19-16-12(8-18)5-7-25-16/h3-7,11H,9-10H2,1-2H3,(H,19,23). The Kier molecular flexibility index (Phi) is 5.75. The summed E-state index contributed by atoms with van der Waals surface area (Å²) < 4.78 is 7.40. The zero-order chi connectivity index (χ0) is 18.5. The molecule has 0 aromatic carbocycles. The Morgan fingerprint density at radius 2 is 2.31 bits per heavy atom. The van der Waals surface area contributed by atoms with Gasteiger partial charge in [0.1, 0.15) is 11.1 Å². The predicted octanol–water partition coefficient (Wildman–Crippen LogP) is 3.86. The van der Waals surface area contributed by atoms with Crippen molar-refractivity contribution in [2.75, 3.05) is 11.1 Å². The van der Waals surface area contributed by atoms with Crippen LogP contribution in [0.3, 0.4) is 0 Å². The molecule has 0 bridgehead atoms. The number of hydrogen-bond acceptors (Lipinski definition) is 7. The number of carbonyl (C=O) groups excluding carboxylic acids is 1. The molecule has 0 atom stereocenters. The molecule has 0 unspecified atom stereocenters. The highest BCUT2D eigenvalue weighted by Crippen LogP contribution is 2.26. The van der Waals surface area contributed by atoms with Gasteiger partial charge < -0.3 is 9.73 Å². The molecular formula is C17H17N5O2S2. The smallest absolute Gasteiger partial charge is 0.235 e. The molecule has 0 aliphatic carbocycles. The molecule has 0 radical (unpaired) electrons. The monoisotopic (exact) mass is 387 g/mol. The molecule has 0 saturated heterocycles. The maximum absolute atomic E-state index is 12.2. The third-order valence-electron chi connectivity index (χ3n) is 3.38. The van der Waals surface area contributed by atoms with Gasteiger partial charge in [0.05, 0.1) is 17.6 Å². The summed E-state index contributed by atoms with van der Waals surface area (Å²) in [5.41, 5.74) is 0.469. The van der Waals surface area contributed by atoms with E-state index in [1.165, 1.54) is 23.1 Å². The van der Waals surface area contributed by atoms with E-state index in [9.17, 15) is 4.79 Å². The van der Waals surface area contributed by atoms with E-state index in [1.807, 2.05) is 10.6 Å². The summed E-state index contributed by atoms with van der Waals surface area (Å²) in [4.78, 5) is 12.2. The van der Waals surface area contributed by atoms with E-state index < -0.39 is 0 Å². The number of nitriles is 1. The number of hydrogen-bond donors (Lipinski definition) is 1. The van der Waals surface area contributed by atoms with E-state index in [0.717, 1.165) is 6.54 Å². The number of nitrogens with zero attached hydrogens (tertiary/aromatic N) is 4. The van der Waals surface area contributed by atoms with E-state index in [4.69, 9.17) is 9.68 Å². The first-order chi connectivity index (χ1) is 12.6. The van der Waals surface area contributed by atoms with Gasteiger partial charge >= 0.3 is 0 Å². The topological polar surface area (TPSA) is 96.7 Å². The lowest BCUT2D eigenvalue weighted by molar-refractivity contribution is -0.113. The summed E-state index contributed by atoms with van der Waals surface area (Å²) in [7, 11) is 0. The van der Waals surface area contributed by atoms with Crippen molar-refractivity contribution >= 4 is 34.0 Å². The van der Waals surface area contributed by atoms with Crippen LogP contribution in [0.4, 0.5) is 5.00 Å². The van der Waals surface area contributed by atoms with Crippen LogP contribution in [0, 0.1) is 17.2 Å². The van der Waals surface area contributed by atoms with E-state index in [1.54, 1.807) is 23.8 Å². The van der Waals surface area contributed by atoms with Gasteiger partial charge in [-0.05, 0) is 29.5 Å². The van der Waals surface area contributed by atoms with Crippen molar-refractivity contribution < 1.29 is 9.21 Å². The van der Waals surface area contributed by atoms with Crippen LogP contribution in [0.25, 0.3) is 11.6 Å². The predicted molar refractivity (Wildman–Crippen MR) is 101 cm³/mol. The minimum atomic E-state index is -0.187. The van der Waals surface area contributed by atoms with Gasteiger partial charge in [-0.25, -0.2) is 0 Å². The third-order valence-corrected chi connectivity index (χ3v) is 5.17. The van der Waals surface area contributed by atoms with E-state index >= 15 is 0 Å². The first-order valence-corrected chi connectivity index (χ1v) is 9.82. The summed E-state index contributed by atoms with van der Waals surface area (Å²) in [5, 5.41) is 23.2. The van der Waals surface area contributed by atoms with Crippen molar-refractivity contribution in [2.24, 2.45) is 5.92 Å². The largest absolute Gasteiger partial charge is 0.461 e. The zero-order valence-electron chi connectivity index (χ0n) is 14.3. The molecule has 7 nitrogen and oxygen atoms in total. The van der Waals surface area contributed by atoms with Crippen LogP contribution in [0.5, 0.6) is 0 Å². The third kappa shape index (κ3) is 4.15. The second kappa shape index (κ2) is 8.21. The van der Waals surface area contributed by atoms with Crippen LogP contribution in [0.15, 0.2) is 39.4 Å². The minimum absolute atomic E-state index is 0.178. The van der Waals surface area contributed by atoms with Crippen LogP contribution in [-0.2, 0) is 11.3 Å². The Bertz CT molecular complexity index is 922. The zero-order valence-corrected chi connectivity index (χ0v) is 15.9. The average molecular weight is 387 g/mol. The Labute approximate surface area is 159 Å². The molecule has 26 heavy (non-hydrogen) atoms. The number of thioether (sulfide) groups is 1. The normalized spacial score (nSPS) is 10.8. The molecule has 1 N–H and O–H groups in total. The minimum Gasteiger partial charge on any atom is -0.461 e. The quantitative estimate of drug-likeness (QED) is 0.618. The highest BCUT2D eigenvalue weighted by atomic mass is 32.2. The highest BCUT2D eigenvalue weighted by molar-refractivity contribution is 7.99. The number of anilines is 1. The fraction of sp³-hybridized carbons (Fsp3) is 0.294. The molecule has 3 heterocycles. The van der Waals surface area contributed by atoms with Gasteiger partial charge in [0, 0.05) is 6.54 Å². The molecule has 0 fully saturated rings. The fourth-order valence-corrected chi connectivity index (χ4v) is 3.80. The lowest BCUT2D eigenvalue weighted by Gasteiger charge is -2.11. The summed E-state index contributed by atoms with van der Waals surface area (Å²) in [6, 6.07) is 7.38. The van der Waals surface area contributed by atoms with Gasteiger partial charge in [0.2, 0.25) is 5.91 Å².